The number of nitrogens with zero attached hydrogens (tertiary/aromatic N) is 3. The smallest absolute Gasteiger partial charge is 0.273 e. The number of hydrogen-bond donors (Lipinski definition) is 1. The standard InChI is InChI=1S/C19H24N4O2S/c1-22(2)19-20-16(13-17(24)21-19)18(25)23-11-5-3-4-7-14(23)9-10-15-8-6-12-26-15/h6,8-10,12-14H,3-5,7,11H2,1-2H3,(H,20,21,24)/b10-9+. The highest BCUT2D eigenvalue weighted by molar-refractivity contribution is 7.10. The maximum Gasteiger partial charge on any atom is 0.273 e. The van der Waals surface area contributed by atoms with Crippen LogP contribution in [0.2, 0.25) is 0 Å². The highest BCUT2D eigenvalue weighted by Gasteiger charge is 2.26. The molecule has 2 aromatic rings. The van der Waals surface area contributed by atoms with Crippen LogP contribution in [0.1, 0.15) is 41.0 Å². The number of carbonyl (C=O) groups is 1. The number of rotatable bonds is 4. The first-order chi connectivity index (χ1) is 12.5. The Morgan fingerprint density at radius 1 is 1.38 bits per heavy atom. The Bertz CT molecular complexity index is 826. The van der Waals surface area contributed by atoms with Gasteiger partial charge in [0.15, 0.2) is 0 Å². The minimum absolute atomic E-state index is 0.0241. The van der Waals surface area contributed by atoms with Crippen LogP contribution in [-0.2, 0) is 0 Å². The van der Waals surface area contributed by atoms with Crippen molar-refractivity contribution in [2.75, 3.05) is 25.5 Å². The van der Waals surface area contributed by atoms with Crippen molar-refractivity contribution >= 4 is 29.3 Å². The Kier molecular flexibility index (Phi) is 5.88. The van der Waals surface area contributed by atoms with Crippen LogP contribution in [0, 0.1) is 0 Å². The SMILES string of the molecule is CN(C)c1nc(C(=O)N2CCCCCC2/C=C/c2cccs2)cc(=O)[nH]1. The molecule has 2 aromatic heterocycles. The summed E-state index contributed by atoms with van der Waals surface area (Å²) in [6, 6.07) is 5.39. The van der Waals surface area contributed by atoms with Crippen molar-refractivity contribution in [1.29, 1.82) is 0 Å². The first-order valence-corrected chi connectivity index (χ1v) is 9.74. The summed E-state index contributed by atoms with van der Waals surface area (Å²) in [5.41, 5.74) is -0.110. The third-order valence-electron chi connectivity index (χ3n) is 4.46. The molecule has 1 fully saturated rings. The molecule has 0 aromatic carbocycles. The summed E-state index contributed by atoms with van der Waals surface area (Å²) >= 11 is 1.68. The number of anilines is 1. The van der Waals surface area contributed by atoms with E-state index < -0.39 is 0 Å². The first kappa shape index (κ1) is 18.4. The van der Waals surface area contributed by atoms with Gasteiger partial charge in [-0.2, -0.15) is 0 Å². The fourth-order valence-corrected chi connectivity index (χ4v) is 3.72. The van der Waals surface area contributed by atoms with Crippen molar-refractivity contribution in [3.8, 4) is 0 Å². The minimum Gasteiger partial charge on any atom is -0.348 e. The minimum atomic E-state index is -0.312. The van der Waals surface area contributed by atoms with Crippen LogP contribution >= 0.6 is 11.3 Å². The van der Waals surface area contributed by atoms with E-state index in [-0.39, 0.29) is 23.2 Å². The average molecular weight is 372 g/mol. The van der Waals surface area contributed by atoms with Crippen molar-refractivity contribution in [3.63, 3.8) is 0 Å². The second kappa shape index (κ2) is 8.31. The van der Waals surface area contributed by atoms with Crippen molar-refractivity contribution in [2.45, 2.75) is 31.7 Å². The van der Waals surface area contributed by atoms with Gasteiger partial charge in [-0.1, -0.05) is 25.0 Å². The molecule has 0 bridgehead atoms. The summed E-state index contributed by atoms with van der Waals surface area (Å²) in [7, 11) is 3.57. The normalized spacial score (nSPS) is 18.1. The number of hydrogen-bond acceptors (Lipinski definition) is 5. The largest absolute Gasteiger partial charge is 0.348 e. The molecule has 1 amide bonds. The van der Waals surface area contributed by atoms with Gasteiger partial charge in [0.25, 0.3) is 11.5 Å². The van der Waals surface area contributed by atoms with Gasteiger partial charge in [-0.3, -0.25) is 14.6 Å². The topological polar surface area (TPSA) is 69.3 Å². The van der Waals surface area contributed by atoms with E-state index in [0.29, 0.717) is 12.5 Å². The molecular formula is C19H24N4O2S. The lowest BCUT2D eigenvalue weighted by Crippen LogP contribution is -2.40. The molecule has 1 unspecified atom stereocenters. The number of likely N-dealkylation sites (tertiary alicyclic amines) is 1. The summed E-state index contributed by atoms with van der Waals surface area (Å²) in [5, 5.41) is 2.04. The Labute approximate surface area is 157 Å². The molecule has 0 aliphatic carbocycles. The number of amides is 1. The Hall–Kier alpha value is -2.41. The van der Waals surface area contributed by atoms with Crippen molar-refractivity contribution in [1.82, 2.24) is 14.9 Å². The van der Waals surface area contributed by atoms with E-state index in [4.69, 9.17) is 0 Å². The van der Waals surface area contributed by atoms with Crippen LogP contribution < -0.4 is 10.5 Å². The molecule has 6 nitrogen and oxygen atoms in total. The Balaban J connectivity index is 1.88. The molecule has 138 valence electrons. The summed E-state index contributed by atoms with van der Waals surface area (Å²) in [4.78, 5) is 36.7. The van der Waals surface area contributed by atoms with Gasteiger partial charge in [0.2, 0.25) is 5.95 Å². The number of H-pyrrole nitrogens is 1. The maximum absolute atomic E-state index is 13.1. The van der Waals surface area contributed by atoms with Gasteiger partial charge in [-0.15, -0.1) is 11.3 Å². The lowest BCUT2D eigenvalue weighted by atomic mass is 10.1. The van der Waals surface area contributed by atoms with Crippen molar-refractivity contribution in [2.24, 2.45) is 0 Å². The van der Waals surface area contributed by atoms with Gasteiger partial charge in [0.1, 0.15) is 5.69 Å². The van der Waals surface area contributed by atoms with E-state index in [1.807, 2.05) is 16.3 Å². The van der Waals surface area contributed by atoms with Gasteiger partial charge in [0, 0.05) is 31.6 Å². The average Bonchev–Trinajstić information content (AvgIpc) is 3.03. The molecule has 1 aliphatic rings. The van der Waals surface area contributed by atoms with Gasteiger partial charge >= 0.3 is 0 Å². The van der Waals surface area contributed by atoms with E-state index >= 15 is 0 Å². The number of carbonyl (C=O) groups excluding carboxylic acids is 1. The van der Waals surface area contributed by atoms with Gasteiger partial charge in [-0.05, 0) is 30.4 Å². The first-order valence-electron chi connectivity index (χ1n) is 8.86. The number of aromatic amines is 1. The molecule has 1 atom stereocenters. The van der Waals surface area contributed by atoms with Gasteiger partial charge < -0.3 is 9.80 Å². The van der Waals surface area contributed by atoms with Crippen LogP contribution in [-0.4, -0.2) is 47.5 Å². The van der Waals surface area contributed by atoms with E-state index in [0.717, 1.165) is 25.7 Å². The maximum atomic E-state index is 13.1. The van der Waals surface area contributed by atoms with Crippen molar-refractivity contribution in [3.05, 3.63) is 50.6 Å². The molecule has 3 heterocycles. The van der Waals surface area contributed by atoms with E-state index in [1.165, 1.54) is 10.9 Å². The summed E-state index contributed by atoms with van der Waals surface area (Å²) < 4.78 is 0. The molecule has 1 N–H and O–H groups in total. The molecule has 1 aliphatic heterocycles. The Morgan fingerprint density at radius 3 is 2.96 bits per heavy atom. The number of nitrogens with one attached hydrogen (secondary N) is 1. The van der Waals surface area contributed by atoms with Crippen LogP contribution in [0.25, 0.3) is 6.08 Å². The predicted molar refractivity (Wildman–Crippen MR) is 106 cm³/mol. The summed E-state index contributed by atoms with van der Waals surface area (Å²) in [6.07, 6.45) is 8.29. The van der Waals surface area contributed by atoms with Crippen molar-refractivity contribution < 1.29 is 4.79 Å². The van der Waals surface area contributed by atoms with Crippen LogP contribution in [0.15, 0.2) is 34.4 Å². The predicted octanol–water partition coefficient (Wildman–Crippen LogP) is 3.00. The second-order valence-electron chi connectivity index (χ2n) is 6.64. The highest BCUT2D eigenvalue weighted by Crippen LogP contribution is 2.21. The fraction of sp³-hybridized carbons (Fsp3) is 0.421. The van der Waals surface area contributed by atoms with Crippen LogP contribution in [0.4, 0.5) is 5.95 Å². The molecule has 26 heavy (non-hydrogen) atoms. The Morgan fingerprint density at radius 2 is 2.23 bits per heavy atom. The van der Waals surface area contributed by atoms with E-state index in [2.05, 4.69) is 28.2 Å². The molecule has 0 radical (unpaired) electrons. The number of aromatic nitrogens is 2. The second-order valence-corrected chi connectivity index (χ2v) is 7.62. The summed E-state index contributed by atoms with van der Waals surface area (Å²) in [6.45, 7) is 0.685. The van der Waals surface area contributed by atoms with Crippen LogP contribution in [0.5, 0.6) is 0 Å². The van der Waals surface area contributed by atoms with Gasteiger partial charge in [0.05, 0.1) is 6.04 Å². The molecular weight excluding hydrogens is 348 g/mol. The third-order valence-corrected chi connectivity index (χ3v) is 5.30. The lowest BCUT2D eigenvalue weighted by Gasteiger charge is -2.27. The molecule has 1 saturated heterocycles. The monoisotopic (exact) mass is 372 g/mol. The number of thiophene rings is 1. The third kappa shape index (κ3) is 4.40. The zero-order chi connectivity index (χ0) is 18.5. The highest BCUT2D eigenvalue weighted by atomic mass is 32.1. The molecule has 3 rings (SSSR count). The van der Waals surface area contributed by atoms with Crippen LogP contribution in [0.3, 0.4) is 0 Å². The van der Waals surface area contributed by atoms with E-state index in [9.17, 15) is 9.59 Å². The molecule has 7 heteroatoms. The zero-order valence-corrected chi connectivity index (χ0v) is 16.0. The fourth-order valence-electron chi connectivity index (χ4n) is 3.09. The summed E-state index contributed by atoms with van der Waals surface area (Å²) in [5.74, 6) is 0.211. The van der Waals surface area contributed by atoms with E-state index in [1.54, 1.807) is 30.3 Å². The van der Waals surface area contributed by atoms with Gasteiger partial charge in [-0.25, -0.2) is 4.98 Å². The quantitative estimate of drug-likeness (QED) is 0.896. The molecule has 0 spiro atoms. The zero-order valence-electron chi connectivity index (χ0n) is 15.1. The molecule has 0 saturated carbocycles. The lowest BCUT2D eigenvalue weighted by molar-refractivity contribution is 0.0712.